The third kappa shape index (κ3) is 4.28. The zero-order valence-corrected chi connectivity index (χ0v) is 14.9. The highest BCUT2D eigenvalue weighted by Crippen LogP contribution is 2.27. The van der Waals surface area contributed by atoms with Crippen LogP contribution in [-0.4, -0.2) is 40.9 Å². The fourth-order valence-electron chi connectivity index (χ4n) is 2.48. The van der Waals surface area contributed by atoms with Crippen molar-refractivity contribution in [3.63, 3.8) is 0 Å². The summed E-state index contributed by atoms with van der Waals surface area (Å²) < 4.78 is 10.4. The summed E-state index contributed by atoms with van der Waals surface area (Å²) in [5.74, 6) is 0.253. The van der Waals surface area contributed by atoms with E-state index < -0.39 is 5.97 Å². The Hall–Kier alpha value is -2.70. The zero-order valence-electron chi connectivity index (χ0n) is 14.1. The Morgan fingerprint density at radius 2 is 1.88 bits per heavy atom. The highest BCUT2D eigenvalue weighted by atomic mass is 35.5. The molecule has 0 saturated carbocycles. The summed E-state index contributed by atoms with van der Waals surface area (Å²) in [5.41, 5.74) is 2.44. The van der Waals surface area contributed by atoms with Crippen molar-refractivity contribution in [2.24, 2.45) is 0 Å². The summed E-state index contributed by atoms with van der Waals surface area (Å²) in [5, 5.41) is 10.0. The van der Waals surface area contributed by atoms with E-state index in [1.54, 1.807) is 0 Å². The van der Waals surface area contributed by atoms with Crippen LogP contribution in [-0.2, 0) is 9.53 Å². The average molecular weight is 373 g/mol. The molecule has 2 aromatic carbocycles. The van der Waals surface area contributed by atoms with E-state index >= 15 is 0 Å². The monoisotopic (exact) mass is 372 g/mol. The van der Waals surface area contributed by atoms with Crippen LogP contribution >= 0.6 is 11.6 Å². The Morgan fingerprint density at radius 1 is 1.12 bits per heavy atom. The van der Waals surface area contributed by atoms with Crippen molar-refractivity contribution in [2.75, 3.05) is 19.8 Å². The normalized spacial score (nSPS) is 10.8. The van der Waals surface area contributed by atoms with Crippen LogP contribution < -0.4 is 4.74 Å². The Labute approximate surface area is 155 Å². The Morgan fingerprint density at radius 3 is 2.62 bits per heavy atom. The van der Waals surface area contributed by atoms with Gasteiger partial charge in [-0.3, -0.25) is 0 Å². The third-order valence-corrected chi connectivity index (χ3v) is 4.01. The number of carboxylic acid groups (broad SMARTS) is 1. The van der Waals surface area contributed by atoms with Gasteiger partial charge in [-0.05, 0) is 37.3 Å². The minimum atomic E-state index is -1.000. The van der Waals surface area contributed by atoms with Gasteiger partial charge in [0.05, 0.1) is 17.1 Å². The molecule has 3 aromatic rings. The van der Waals surface area contributed by atoms with Crippen molar-refractivity contribution in [2.45, 2.75) is 6.92 Å². The van der Waals surface area contributed by atoms with Gasteiger partial charge in [0, 0.05) is 16.6 Å². The number of aromatic nitrogens is 2. The second-order valence-corrected chi connectivity index (χ2v) is 5.99. The molecule has 0 aliphatic carbocycles. The number of benzene rings is 2. The molecule has 26 heavy (non-hydrogen) atoms. The lowest BCUT2D eigenvalue weighted by Crippen LogP contribution is -2.12. The van der Waals surface area contributed by atoms with Gasteiger partial charge in [-0.15, -0.1) is 0 Å². The van der Waals surface area contributed by atoms with Gasteiger partial charge < -0.3 is 14.6 Å². The first-order valence-electron chi connectivity index (χ1n) is 8.00. The number of ether oxygens (including phenoxy) is 2. The molecule has 0 atom stereocenters. The number of hydrogen-bond acceptors (Lipinski definition) is 5. The smallest absolute Gasteiger partial charge is 0.329 e. The summed E-state index contributed by atoms with van der Waals surface area (Å²) in [7, 11) is 0. The quantitative estimate of drug-likeness (QED) is 0.636. The first kappa shape index (κ1) is 18.1. The lowest BCUT2D eigenvalue weighted by molar-refractivity contribution is -0.142. The molecular formula is C19H17ClN2O4. The molecule has 1 N–H and O–H groups in total. The van der Waals surface area contributed by atoms with Crippen LogP contribution in [0.2, 0.25) is 5.02 Å². The van der Waals surface area contributed by atoms with E-state index in [1.165, 1.54) is 0 Å². The van der Waals surface area contributed by atoms with Crippen molar-refractivity contribution >= 4 is 28.5 Å². The van der Waals surface area contributed by atoms with Crippen LogP contribution in [0.5, 0.6) is 5.75 Å². The fourth-order valence-corrected chi connectivity index (χ4v) is 2.69. The molecule has 0 aliphatic heterocycles. The van der Waals surface area contributed by atoms with Gasteiger partial charge in [0.15, 0.2) is 5.82 Å². The fraction of sp³-hybridized carbons (Fsp3) is 0.211. The summed E-state index contributed by atoms with van der Waals surface area (Å²) in [6.45, 7) is 2.08. The van der Waals surface area contributed by atoms with Crippen LogP contribution in [0.25, 0.3) is 22.3 Å². The lowest BCUT2D eigenvalue weighted by atomic mass is 10.1. The molecule has 0 radical (unpaired) electrons. The minimum Gasteiger partial charge on any atom is -0.491 e. The van der Waals surface area contributed by atoms with Crippen LogP contribution in [0, 0.1) is 6.92 Å². The van der Waals surface area contributed by atoms with Crippen molar-refractivity contribution in [1.82, 2.24) is 9.97 Å². The molecular weight excluding hydrogens is 356 g/mol. The second-order valence-electron chi connectivity index (χ2n) is 5.59. The second kappa shape index (κ2) is 8.12. The lowest BCUT2D eigenvalue weighted by Gasteiger charge is -2.09. The van der Waals surface area contributed by atoms with E-state index in [1.807, 2.05) is 49.4 Å². The molecule has 0 spiro atoms. The summed E-state index contributed by atoms with van der Waals surface area (Å²) in [4.78, 5) is 19.5. The number of para-hydroxylation sites is 1. The average Bonchev–Trinajstić information content (AvgIpc) is 2.62. The van der Waals surface area contributed by atoms with Crippen LogP contribution in [0.15, 0.2) is 42.5 Å². The standard InChI is InChI=1S/C19H17ClN2O4/c1-12-15-3-2-4-16(20)18(15)22-19(21-12)13-5-7-14(8-6-13)26-10-9-25-11-17(23)24/h2-8H,9-11H2,1H3,(H,23,24). The highest BCUT2D eigenvalue weighted by molar-refractivity contribution is 6.35. The van der Waals surface area contributed by atoms with E-state index in [-0.39, 0.29) is 19.8 Å². The number of hydrogen-bond donors (Lipinski definition) is 1. The SMILES string of the molecule is Cc1nc(-c2ccc(OCCOCC(=O)O)cc2)nc2c(Cl)cccc12. The van der Waals surface area contributed by atoms with Crippen LogP contribution in [0.3, 0.4) is 0 Å². The summed E-state index contributed by atoms with van der Waals surface area (Å²) in [6.07, 6.45) is 0. The molecule has 1 aromatic heterocycles. The predicted molar refractivity (Wildman–Crippen MR) is 98.7 cm³/mol. The molecule has 0 bridgehead atoms. The number of fused-ring (bicyclic) bond motifs is 1. The summed E-state index contributed by atoms with van der Waals surface area (Å²) in [6, 6.07) is 13.0. The number of aliphatic carboxylic acids is 1. The number of aryl methyl sites for hydroxylation is 1. The molecule has 1 heterocycles. The number of rotatable bonds is 7. The molecule has 7 heteroatoms. The highest BCUT2D eigenvalue weighted by Gasteiger charge is 2.09. The number of carbonyl (C=O) groups is 1. The topological polar surface area (TPSA) is 81.5 Å². The maximum atomic E-state index is 10.3. The van der Waals surface area contributed by atoms with Gasteiger partial charge in [-0.2, -0.15) is 0 Å². The van der Waals surface area contributed by atoms with Gasteiger partial charge in [0.1, 0.15) is 19.0 Å². The first-order valence-corrected chi connectivity index (χ1v) is 8.38. The van der Waals surface area contributed by atoms with E-state index in [0.717, 1.165) is 22.2 Å². The van der Waals surface area contributed by atoms with E-state index in [9.17, 15) is 4.79 Å². The Bertz CT molecular complexity index is 929. The van der Waals surface area contributed by atoms with Crippen molar-refractivity contribution < 1.29 is 19.4 Å². The maximum absolute atomic E-state index is 10.3. The zero-order chi connectivity index (χ0) is 18.5. The van der Waals surface area contributed by atoms with Gasteiger partial charge in [-0.25, -0.2) is 14.8 Å². The van der Waals surface area contributed by atoms with E-state index in [2.05, 4.69) is 9.97 Å². The first-order chi connectivity index (χ1) is 12.5. The number of halogens is 1. The van der Waals surface area contributed by atoms with E-state index in [0.29, 0.717) is 16.6 Å². The Kier molecular flexibility index (Phi) is 5.65. The van der Waals surface area contributed by atoms with Crippen LogP contribution in [0.1, 0.15) is 5.69 Å². The maximum Gasteiger partial charge on any atom is 0.329 e. The minimum absolute atomic E-state index is 0.208. The number of carboxylic acids is 1. The molecule has 0 unspecified atom stereocenters. The van der Waals surface area contributed by atoms with Gasteiger partial charge in [-0.1, -0.05) is 23.7 Å². The largest absolute Gasteiger partial charge is 0.491 e. The van der Waals surface area contributed by atoms with Gasteiger partial charge >= 0.3 is 5.97 Å². The Balaban J connectivity index is 1.71. The molecule has 3 rings (SSSR count). The van der Waals surface area contributed by atoms with Crippen molar-refractivity contribution in [3.05, 3.63) is 53.2 Å². The molecule has 0 amide bonds. The molecule has 0 saturated heterocycles. The third-order valence-electron chi connectivity index (χ3n) is 3.70. The number of nitrogens with zero attached hydrogens (tertiary/aromatic N) is 2. The summed E-state index contributed by atoms with van der Waals surface area (Å²) >= 11 is 6.26. The van der Waals surface area contributed by atoms with Crippen molar-refractivity contribution in [1.29, 1.82) is 0 Å². The van der Waals surface area contributed by atoms with E-state index in [4.69, 9.17) is 26.2 Å². The predicted octanol–water partition coefficient (Wildman–Crippen LogP) is 3.74. The molecule has 0 aliphatic rings. The molecule has 0 fully saturated rings. The van der Waals surface area contributed by atoms with Crippen molar-refractivity contribution in [3.8, 4) is 17.1 Å². The molecule has 6 nitrogen and oxygen atoms in total. The van der Waals surface area contributed by atoms with Gasteiger partial charge in [0.25, 0.3) is 0 Å². The van der Waals surface area contributed by atoms with Crippen LogP contribution in [0.4, 0.5) is 0 Å². The molecule has 134 valence electrons. The van der Waals surface area contributed by atoms with Gasteiger partial charge in [0.2, 0.25) is 0 Å².